The van der Waals surface area contributed by atoms with Crippen molar-refractivity contribution in [2.75, 3.05) is 0 Å². The topological polar surface area (TPSA) is 51.6 Å². The molecular formula is C43H28N4S2. The maximum Gasteiger partial charge on any atom is 0.160 e. The van der Waals surface area contributed by atoms with Crippen LogP contribution >= 0.6 is 22.7 Å². The summed E-state index contributed by atoms with van der Waals surface area (Å²) in [6.07, 6.45) is 13.8. The summed E-state index contributed by atoms with van der Waals surface area (Å²) in [4.78, 5) is 20.5. The summed E-state index contributed by atoms with van der Waals surface area (Å²) >= 11 is 3.52. The van der Waals surface area contributed by atoms with Crippen molar-refractivity contribution >= 4 is 75.9 Å². The van der Waals surface area contributed by atoms with E-state index in [1.54, 1.807) is 22.7 Å². The molecule has 0 spiro atoms. The molecular weight excluding hydrogens is 637 g/mol. The summed E-state index contributed by atoms with van der Waals surface area (Å²) < 4.78 is 3.66. The van der Waals surface area contributed by atoms with Crippen molar-refractivity contribution < 1.29 is 0 Å². The first-order valence-corrected chi connectivity index (χ1v) is 17.7. The molecule has 0 atom stereocenters. The standard InChI is InChI=1S/C43H28N4S2/c1-3-9-32-34-11-7-13-36(40(34)48-38(32)4-2)42-44-22-30(23-45-42)27-18-16-26-17-19-28(21-29(26)20-27)31-24-46-43(47-25-31)37-14-8-12-35-33-10-5-6-15-39(33)49-41(35)37/h3-25H,2H2,1H3/b9-3-. The van der Waals surface area contributed by atoms with Gasteiger partial charge in [-0.2, -0.15) is 0 Å². The molecule has 0 aliphatic rings. The van der Waals surface area contributed by atoms with Gasteiger partial charge in [0.2, 0.25) is 0 Å². The summed E-state index contributed by atoms with van der Waals surface area (Å²) in [6, 6.07) is 34.2. The predicted molar refractivity (Wildman–Crippen MR) is 210 cm³/mol. The van der Waals surface area contributed by atoms with Gasteiger partial charge in [0, 0.05) is 82.2 Å². The minimum Gasteiger partial charge on any atom is -0.236 e. The molecule has 0 fully saturated rings. The van der Waals surface area contributed by atoms with E-state index in [0.29, 0.717) is 5.82 Å². The lowest BCUT2D eigenvalue weighted by molar-refractivity contribution is 1.18. The Morgan fingerprint density at radius 1 is 0.551 bits per heavy atom. The average Bonchev–Trinajstić information content (AvgIpc) is 3.73. The van der Waals surface area contributed by atoms with E-state index in [4.69, 9.17) is 19.9 Å². The Morgan fingerprint density at radius 2 is 1.12 bits per heavy atom. The highest BCUT2D eigenvalue weighted by molar-refractivity contribution is 7.26. The van der Waals surface area contributed by atoms with Crippen LogP contribution in [-0.2, 0) is 0 Å². The van der Waals surface area contributed by atoms with E-state index in [0.717, 1.165) is 49.5 Å². The van der Waals surface area contributed by atoms with Crippen LogP contribution in [0.15, 0.2) is 135 Å². The first-order valence-electron chi connectivity index (χ1n) is 16.1. The van der Waals surface area contributed by atoms with Crippen LogP contribution in [0.3, 0.4) is 0 Å². The number of hydrogen-bond acceptors (Lipinski definition) is 6. The van der Waals surface area contributed by atoms with Gasteiger partial charge in [0.15, 0.2) is 11.6 Å². The van der Waals surface area contributed by atoms with E-state index in [-0.39, 0.29) is 0 Å². The summed E-state index contributed by atoms with van der Waals surface area (Å²) in [6.45, 7) is 6.07. The van der Waals surface area contributed by atoms with Gasteiger partial charge >= 0.3 is 0 Å². The molecule has 0 saturated heterocycles. The summed E-state index contributed by atoms with van der Waals surface area (Å²) in [5.41, 5.74) is 7.38. The number of hydrogen-bond donors (Lipinski definition) is 0. The Hall–Kier alpha value is -5.82. The van der Waals surface area contributed by atoms with Gasteiger partial charge < -0.3 is 0 Å². The highest BCUT2D eigenvalue weighted by Gasteiger charge is 2.15. The molecule has 4 heterocycles. The highest BCUT2D eigenvalue weighted by Crippen LogP contribution is 2.40. The van der Waals surface area contributed by atoms with Crippen molar-refractivity contribution in [1.82, 2.24) is 19.9 Å². The van der Waals surface area contributed by atoms with Crippen LogP contribution < -0.4 is 0 Å². The van der Waals surface area contributed by atoms with E-state index in [2.05, 4.69) is 116 Å². The Labute approximate surface area is 291 Å². The van der Waals surface area contributed by atoms with Gasteiger partial charge in [-0.25, -0.2) is 19.9 Å². The molecule has 5 aromatic carbocycles. The number of aromatic nitrogens is 4. The monoisotopic (exact) mass is 664 g/mol. The number of allylic oxidation sites excluding steroid dienone is 1. The number of benzene rings is 5. The molecule has 4 nitrogen and oxygen atoms in total. The maximum atomic E-state index is 4.83. The molecule has 49 heavy (non-hydrogen) atoms. The zero-order chi connectivity index (χ0) is 32.9. The molecule has 0 amide bonds. The lowest BCUT2D eigenvalue weighted by atomic mass is 9.99. The first kappa shape index (κ1) is 29.3. The zero-order valence-electron chi connectivity index (χ0n) is 26.6. The average molecular weight is 665 g/mol. The molecule has 6 heteroatoms. The van der Waals surface area contributed by atoms with Gasteiger partial charge in [-0.05, 0) is 64.7 Å². The van der Waals surface area contributed by atoms with Crippen LogP contribution in [0.25, 0.3) is 98.2 Å². The van der Waals surface area contributed by atoms with Crippen molar-refractivity contribution in [2.24, 2.45) is 0 Å². The van der Waals surface area contributed by atoms with E-state index in [9.17, 15) is 0 Å². The molecule has 0 saturated carbocycles. The third kappa shape index (κ3) is 5.05. The normalized spacial score (nSPS) is 11.8. The van der Waals surface area contributed by atoms with E-state index < -0.39 is 0 Å². The smallest absolute Gasteiger partial charge is 0.160 e. The second-order valence-corrected chi connectivity index (χ2v) is 14.0. The molecule has 0 bridgehead atoms. The van der Waals surface area contributed by atoms with Gasteiger partial charge in [0.25, 0.3) is 0 Å². The molecule has 9 rings (SSSR count). The van der Waals surface area contributed by atoms with E-state index in [1.165, 1.54) is 41.2 Å². The predicted octanol–water partition coefficient (Wildman–Crippen LogP) is 12.3. The minimum atomic E-state index is 0.716. The number of nitrogens with zero attached hydrogens (tertiary/aromatic N) is 4. The van der Waals surface area contributed by atoms with Crippen molar-refractivity contribution in [3.63, 3.8) is 0 Å². The Bertz CT molecular complexity index is 2740. The van der Waals surface area contributed by atoms with Crippen LogP contribution in [-0.4, -0.2) is 19.9 Å². The van der Waals surface area contributed by atoms with Gasteiger partial charge in [-0.15, -0.1) is 22.7 Å². The summed E-state index contributed by atoms with van der Waals surface area (Å²) in [7, 11) is 0. The lowest BCUT2D eigenvalue weighted by Crippen LogP contribution is -1.91. The van der Waals surface area contributed by atoms with Gasteiger partial charge in [0.1, 0.15) is 0 Å². The van der Waals surface area contributed by atoms with Crippen molar-refractivity contribution in [2.45, 2.75) is 6.92 Å². The van der Waals surface area contributed by atoms with Crippen molar-refractivity contribution in [3.05, 3.63) is 145 Å². The van der Waals surface area contributed by atoms with E-state index >= 15 is 0 Å². The van der Waals surface area contributed by atoms with Crippen molar-refractivity contribution in [3.8, 4) is 45.0 Å². The second kappa shape index (κ2) is 12.0. The third-order valence-corrected chi connectivity index (χ3v) is 11.5. The fraction of sp³-hybridized carbons (Fsp3) is 0.0233. The SMILES string of the molecule is C=Cc1sc2c(-c3ncc(-c4ccc5ccc(-c6cnc(-c7cccc8c7sc7ccccc78)nc6)cc5c4)cn3)cccc2c1/C=C\C. The van der Waals surface area contributed by atoms with Crippen LogP contribution in [0.4, 0.5) is 0 Å². The van der Waals surface area contributed by atoms with E-state index in [1.807, 2.05) is 37.8 Å². The first-order chi connectivity index (χ1) is 24.2. The minimum absolute atomic E-state index is 0.716. The molecule has 9 aromatic rings. The van der Waals surface area contributed by atoms with Gasteiger partial charge in [-0.3, -0.25) is 0 Å². The Balaban J connectivity index is 1.02. The number of thiophene rings is 2. The molecule has 0 radical (unpaired) electrons. The molecule has 0 aliphatic carbocycles. The number of fused-ring (bicyclic) bond motifs is 5. The lowest BCUT2D eigenvalue weighted by Gasteiger charge is -2.08. The Morgan fingerprint density at radius 3 is 1.73 bits per heavy atom. The van der Waals surface area contributed by atoms with Crippen LogP contribution in [0.2, 0.25) is 0 Å². The van der Waals surface area contributed by atoms with Crippen LogP contribution in [0.1, 0.15) is 17.4 Å². The maximum absolute atomic E-state index is 4.83. The fourth-order valence-electron chi connectivity index (χ4n) is 6.58. The van der Waals surface area contributed by atoms with Gasteiger partial charge in [-0.1, -0.05) is 91.5 Å². The molecule has 232 valence electrons. The second-order valence-electron chi connectivity index (χ2n) is 11.9. The molecule has 0 aliphatic heterocycles. The highest BCUT2D eigenvalue weighted by atomic mass is 32.1. The summed E-state index contributed by atoms with van der Waals surface area (Å²) in [5, 5.41) is 6.02. The zero-order valence-corrected chi connectivity index (χ0v) is 28.2. The fourth-order valence-corrected chi connectivity index (χ4v) is 8.94. The van der Waals surface area contributed by atoms with Crippen LogP contribution in [0.5, 0.6) is 0 Å². The van der Waals surface area contributed by atoms with Crippen LogP contribution in [0, 0.1) is 0 Å². The quantitative estimate of drug-likeness (QED) is 0.177. The largest absolute Gasteiger partial charge is 0.236 e. The number of rotatable bonds is 6. The van der Waals surface area contributed by atoms with Gasteiger partial charge in [0.05, 0.1) is 0 Å². The summed E-state index contributed by atoms with van der Waals surface area (Å²) in [5.74, 6) is 1.45. The molecule has 0 unspecified atom stereocenters. The third-order valence-electron chi connectivity index (χ3n) is 9.00. The molecule has 4 aromatic heterocycles. The molecule has 0 N–H and O–H groups in total. The van der Waals surface area contributed by atoms with Crippen molar-refractivity contribution in [1.29, 1.82) is 0 Å². The Kier molecular flexibility index (Phi) is 7.19.